The molecule has 0 aliphatic carbocycles. The first-order valence-electron chi connectivity index (χ1n) is 13.2. The minimum absolute atomic E-state index is 0.0623. The number of benzene rings is 1. The molecule has 2 heterocycles. The van der Waals surface area contributed by atoms with Gasteiger partial charge in [-0.05, 0) is 88.4 Å². The number of aliphatic hydroxyl groups is 1. The summed E-state index contributed by atoms with van der Waals surface area (Å²) in [6, 6.07) is 10.0. The summed E-state index contributed by atoms with van der Waals surface area (Å²) in [6.07, 6.45) is 5.44. The molecule has 204 valence electrons. The third-order valence-electron chi connectivity index (χ3n) is 6.29. The number of ketones is 1. The first-order valence-corrected chi connectivity index (χ1v) is 13.2. The number of anilines is 2. The van der Waals surface area contributed by atoms with Gasteiger partial charge in [0.05, 0.1) is 12.3 Å². The molecule has 0 amide bonds. The van der Waals surface area contributed by atoms with E-state index in [2.05, 4.69) is 73.9 Å². The van der Waals surface area contributed by atoms with E-state index in [0.29, 0.717) is 12.2 Å². The van der Waals surface area contributed by atoms with Crippen LogP contribution in [0.15, 0.2) is 71.9 Å². The van der Waals surface area contributed by atoms with Crippen LogP contribution in [0.4, 0.5) is 11.5 Å². The highest BCUT2D eigenvalue weighted by atomic mass is 16.5. The third-order valence-corrected chi connectivity index (χ3v) is 6.29. The van der Waals surface area contributed by atoms with Crippen LogP contribution in [0.25, 0.3) is 0 Å². The van der Waals surface area contributed by atoms with Crippen molar-refractivity contribution in [1.82, 2.24) is 15.2 Å². The molecule has 0 fully saturated rings. The van der Waals surface area contributed by atoms with Crippen molar-refractivity contribution in [3.05, 3.63) is 88.6 Å². The lowest BCUT2D eigenvalue weighted by Crippen LogP contribution is -2.38. The summed E-state index contributed by atoms with van der Waals surface area (Å²) in [5.41, 5.74) is 7.24. The second-order valence-corrected chi connectivity index (χ2v) is 10.8. The summed E-state index contributed by atoms with van der Waals surface area (Å²) < 4.78 is 5.71. The standard InChI is InChI=1S/C31H42N4O3/c1-8-28(22(3)30(34-31(5,6)7)23(4)38-16-15-36)35-14-13-25-19-32-29(18-26(25)20-35)33-27-11-9-24(10-12-27)17-21(2)37/h8-12,18-19,34,36H,4,13-17,20H2,1-3,5-7H3,(H,32,33)/b28-8+,30-22+. The predicted molar refractivity (Wildman–Crippen MR) is 154 cm³/mol. The molecule has 7 heteroatoms. The molecule has 3 N–H and O–H groups in total. The van der Waals surface area contributed by atoms with Gasteiger partial charge in [-0.3, -0.25) is 4.79 Å². The first kappa shape index (κ1) is 29.0. The van der Waals surface area contributed by atoms with Crippen LogP contribution in [0.5, 0.6) is 0 Å². The number of carbonyl (C=O) groups excluding carboxylic acids is 1. The molecule has 3 rings (SSSR count). The average molecular weight is 519 g/mol. The maximum absolute atomic E-state index is 11.4. The Bertz CT molecular complexity index is 1210. The SMILES string of the molecule is C=C(OCCO)/C(NC(C)(C)C)=C(C)\C(=C/C)N1CCc2cnc(Nc3ccc(CC(C)=O)cc3)cc2C1. The molecule has 1 aliphatic heterocycles. The van der Waals surface area contributed by atoms with E-state index in [1.54, 1.807) is 6.92 Å². The first-order chi connectivity index (χ1) is 18.0. The van der Waals surface area contributed by atoms with Crippen LogP contribution in [0.2, 0.25) is 0 Å². The summed E-state index contributed by atoms with van der Waals surface area (Å²) in [5.74, 6) is 1.47. The molecule has 1 aliphatic rings. The second kappa shape index (κ2) is 12.8. The van der Waals surface area contributed by atoms with Crippen molar-refractivity contribution >= 4 is 17.3 Å². The van der Waals surface area contributed by atoms with E-state index < -0.39 is 0 Å². The Kier molecular flexibility index (Phi) is 9.75. The van der Waals surface area contributed by atoms with E-state index in [9.17, 15) is 9.90 Å². The molecule has 38 heavy (non-hydrogen) atoms. The molecule has 2 aromatic rings. The number of ether oxygens (including phenoxy) is 1. The van der Waals surface area contributed by atoms with Crippen LogP contribution < -0.4 is 10.6 Å². The van der Waals surface area contributed by atoms with Crippen molar-refractivity contribution in [3.8, 4) is 0 Å². The number of pyridine rings is 1. The smallest absolute Gasteiger partial charge is 0.135 e. The normalized spacial score (nSPS) is 14.4. The van der Waals surface area contributed by atoms with E-state index >= 15 is 0 Å². The fourth-order valence-electron chi connectivity index (χ4n) is 4.61. The van der Waals surface area contributed by atoms with Gasteiger partial charge in [-0.25, -0.2) is 4.98 Å². The Hall–Kier alpha value is -3.58. The van der Waals surface area contributed by atoms with Gasteiger partial charge in [-0.1, -0.05) is 24.8 Å². The maximum atomic E-state index is 11.4. The Morgan fingerprint density at radius 3 is 2.53 bits per heavy atom. The summed E-state index contributed by atoms with van der Waals surface area (Å²) in [6.45, 7) is 18.0. The highest BCUT2D eigenvalue weighted by Crippen LogP contribution is 2.30. The second-order valence-electron chi connectivity index (χ2n) is 10.8. The van der Waals surface area contributed by atoms with Crippen LogP contribution in [0.1, 0.15) is 58.2 Å². The zero-order chi connectivity index (χ0) is 27.9. The molecular formula is C31H42N4O3. The predicted octanol–water partition coefficient (Wildman–Crippen LogP) is 5.40. The van der Waals surface area contributed by atoms with Crippen LogP contribution in [0.3, 0.4) is 0 Å². The molecule has 1 aromatic heterocycles. The van der Waals surface area contributed by atoms with Gasteiger partial charge in [0.2, 0.25) is 0 Å². The maximum Gasteiger partial charge on any atom is 0.135 e. The van der Waals surface area contributed by atoms with Crippen molar-refractivity contribution < 1.29 is 14.6 Å². The van der Waals surface area contributed by atoms with E-state index in [1.165, 1.54) is 11.1 Å². The van der Waals surface area contributed by atoms with Gasteiger partial charge in [-0.15, -0.1) is 0 Å². The summed E-state index contributed by atoms with van der Waals surface area (Å²) in [7, 11) is 0. The van der Waals surface area contributed by atoms with Gasteiger partial charge < -0.3 is 25.4 Å². The number of Topliss-reactive ketones (excluding diaryl/α,β-unsaturated/α-hetero) is 1. The molecular weight excluding hydrogens is 476 g/mol. The molecule has 7 nitrogen and oxygen atoms in total. The Morgan fingerprint density at radius 1 is 1.21 bits per heavy atom. The van der Waals surface area contributed by atoms with Gasteiger partial charge in [0.25, 0.3) is 0 Å². The molecule has 0 radical (unpaired) electrons. The molecule has 0 bridgehead atoms. The van der Waals surface area contributed by atoms with Crippen molar-refractivity contribution in [2.45, 2.75) is 66.5 Å². The molecule has 0 spiro atoms. The summed E-state index contributed by atoms with van der Waals surface area (Å²) in [5, 5.41) is 16.2. The van der Waals surface area contributed by atoms with Crippen LogP contribution in [-0.4, -0.2) is 46.1 Å². The van der Waals surface area contributed by atoms with E-state index in [1.807, 2.05) is 30.5 Å². The molecule has 0 saturated carbocycles. The van der Waals surface area contributed by atoms with Crippen molar-refractivity contribution in [2.75, 3.05) is 25.1 Å². The number of nitrogens with zero attached hydrogens (tertiary/aromatic N) is 2. The van der Waals surface area contributed by atoms with Gasteiger partial charge >= 0.3 is 0 Å². The van der Waals surface area contributed by atoms with Crippen molar-refractivity contribution in [1.29, 1.82) is 0 Å². The Morgan fingerprint density at radius 2 is 1.92 bits per heavy atom. The van der Waals surface area contributed by atoms with Gasteiger partial charge in [0.15, 0.2) is 0 Å². The fraction of sp³-hybridized carbons (Fsp3) is 0.419. The highest BCUT2D eigenvalue weighted by molar-refractivity contribution is 5.78. The number of hydrogen-bond acceptors (Lipinski definition) is 7. The lowest BCUT2D eigenvalue weighted by Gasteiger charge is -2.35. The summed E-state index contributed by atoms with van der Waals surface area (Å²) >= 11 is 0. The number of fused-ring (bicyclic) bond motifs is 1. The zero-order valence-corrected chi connectivity index (χ0v) is 23.6. The van der Waals surface area contributed by atoms with Crippen LogP contribution in [-0.2, 0) is 28.9 Å². The highest BCUT2D eigenvalue weighted by Gasteiger charge is 2.24. The number of aliphatic hydroxyl groups excluding tert-OH is 1. The average Bonchev–Trinajstić information content (AvgIpc) is 2.86. The van der Waals surface area contributed by atoms with E-state index in [4.69, 9.17) is 4.74 Å². The van der Waals surface area contributed by atoms with Gasteiger partial charge in [-0.2, -0.15) is 0 Å². The van der Waals surface area contributed by atoms with Crippen molar-refractivity contribution in [3.63, 3.8) is 0 Å². The molecule has 0 unspecified atom stereocenters. The lowest BCUT2D eigenvalue weighted by molar-refractivity contribution is -0.116. The third kappa shape index (κ3) is 7.96. The topological polar surface area (TPSA) is 86.7 Å². The largest absolute Gasteiger partial charge is 0.490 e. The number of aromatic nitrogens is 1. The number of carbonyl (C=O) groups is 1. The quantitative estimate of drug-likeness (QED) is 0.271. The lowest BCUT2D eigenvalue weighted by atomic mass is 9.99. The van der Waals surface area contributed by atoms with Gasteiger partial charge in [0.1, 0.15) is 24.0 Å². The number of rotatable bonds is 11. The van der Waals surface area contributed by atoms with Crippen LogP contribution in [0, 0.1) is 0 Å². The van der Waals surface area contributed by atoms with Crippen molar-refractivity contribution in [2.24, 2.45) is 0 Å². The summed E-state index contributed by atoms with van der Waals surface area (Å²) in [4.78, 5) is 18.4. The Balaban J connectivity index is 1.82. The Labute approximate surface area is 227 Å². The van der Waals surface area contributed by atoms with Gasteiger partial charge in [0, 0.05) is 42.6 Å². The minimum Gasteiger partial charge on any atom is -0.490 e. The number of hydrogen-bond donors (Lipinski definition) is 3. The van der Waals surface area contributed by atoms with Crippen LogP contribution >= 0.6 is 0 Å². The van der Waals surface area contributed by atoms with E-state index in [0.717, 1.165) is 53.5 Å². The minimum atomic E-state index is -0.189. The number of allylic oxidation sites excluding steroid dienone is 2. The monoisotopic (exact) mass is 518 g/mol. The van der Waals surface area contributed by atoms with E-state index in [-0.39, 0.29) is 24.5 Å². The fourth-order valence-corrected chi connectivity index (χ4v) is 4.61. The number of nitrogens with one attached hydrogen (secondary N) is 2. The molecule has 0 atom stereocenters. The molecule has 0 saturated heterocycles. The molecule has 1 aromatic carbocycles. The zero-order valence-electron chi connectivity index (χ0n) is 23.6.